The number of aromatic amines is 1. The highest BCUT2D eigenvalue weighted by Gasteiger charge is 2.38. The van der Waals surface area contributed by atoms with E-state index in [2.05, 4.69) is 10.2 Å². The van der Waals surface area contributed by atoms with Gasteiger partial charge in [0.15, 0.2) is 0 Å². The number of likely N-dealkylation sites (tertiary alicyclic amines) is 1. The lowest BCUT2D eigenvalue weighted by Gasteiger charge is -2.37. The molecule has 5 nitrogen and oxygen atoms in total. The van der Waals surface area contributed by atoms with Gasteiger partial charge in [-0.25, -0.2) is 0 Å². The highest BCUT2D eigenvalue weighted by Crippen LogP contribution is 2.34. The molecular formula is C16H25N3O2. The van der Waals surface area contributed by atoms with E-state index in [4.69, 9.17) is 0 Å². The Morgan fingerprint density at radius 1 is 1.38 bits per heavy atom. The molecule has 116 valence electrons. The second kappa shape index (κ2) is 6.18. The molecule has 1 saturated heterocycles. The molecule has 1 aliphatic carbocycles. The van der Waals surface area contributed by atoms with Crippen LogP contribution in [0, 0.1) is 12.8 Å². The van der Waals surface area contributed by atoms with E-state index < -0.39 is 0 Å². The summed E-state index contributed by atoms with van der Waals surface area (Å²) >= 11 is 0. The Morgan fingerprint density at radius 2 is 2.19 bits per heavy atom. The van der Waals surface area contributed by atoms with Crippen LogP contribution in [0.2, 0.25) is 0 Å². The van der Waals surface area contributed by atoms with Gasteiger partial charge in [-0.05, 0) is 38.7 Å². The van der Waals surface area contributed by atoms with Crippen molar-refractivity contribution in [1.82, 2.24) is 15.1 Å². The third-order valence-corrected chi connectivity index (χ3v) is 4.99. The SMILES string of the molecule is Cc1cc(CC(=O)N2CCC[C@@H]2[C@@H]2CCCC[C@@H]2O)n[nH]1. The van der Waals surface area contributed by atoms with Crippen LogP contribution in [-0.2, 0) is 11.2 Å². The van der Waals surface area contributed by atoms with Crippen LogP contribution in [-0.4, -0.2) is 44.8 Å². The van der Waals surface area contributed by atoms with Crippen LogP contribution in [0.1, 0.15) is 49.9 Å². The van der Waals surface area contributed by atoms with Crippen molar-refractivity contribution in [2.24, 2.45) is 5.92 Å². The maximum Gasteiger partial charge on any atom is 0.228 e. The summed E-state index contributed by atoms with van der Waals surface area (Å²) in [5, 5.41) is 17.3. The zero-order chi connectivity index (χ0) is 14.8. The van der Waals surface area contributed by atoms with E-state index in [1.54, 1.807) is 0 Å². The highest BCUT2D eigenvalue weighted by molar-refractivity contribution is 5.79. The van der Waals surface area contributed by atoms with Gasteiger partial charge in [-0.2, -0.15) is 5.10 Å². The van der Waals surface area contributed by atoms with Gasteiger partial charge in [-0.3, -0.25) is 9.89 Å². The lowest BCUT2D eigenvalue weighted by atomic mass is 9.80. The number of carbonyl (C=O) groups is 1. The smallest absolute Gasteiger partial charge is 0.228 e. The van der Waals surface area contributed by atoms with E-state index in [1.165, 1.54) is 6.42 Å². The minimum Gasteiger partial charge on any atom is -0.393 e. The minimum absolute atomic E-state index is 0.154. The number of nitrogens with zero attached hydrogens (tertiary/aromatic N) is 2. The molecule has 5 heteroatoms. The molecule has 0 spiro atoms. The Balaban J connectivity index is 1.66. The standard InChI is InChI=1S/C16H25N3O2/c1-11-9-12(18-17-11)10-16(21)19-8-4-6-14(19)13-5-2-3-7-15(13)20/h9,13-15,20H,2-8,10H2,1H3,(H,17,18)/t13-,14+,15-/m0/s1. The Morgan fingerprint density at radius 3 is 2.90 bits per heavy atom. The van der Waals surface area contributed by atoms with Crippen molar-refractivity contribution in [2.75, 3.05) is 6.54 Å². The van der Waals surface area contributed by atoms with Crippen LogP contribution >= 0.6 is 0 Å². The Labute approximate surface area is 125 Å². The predicted molar refractivity (Wildman–Crippen MR) is 79.7 cm³/mol. The summed E-state index contributed by atoms with van der Waals surface area (Å²) in [5.74, 6) is 0.424. The average Bonchev–Trinajstić information content (AvgIpc) is 3.08. The first kappa shape index (κ1) is 14.6. The van der Waals surface area contributed by atoms with Gasteiger partial charge in [0.2, 0.25) is 5.91 Å². The van der Waals surface area contributed by atoms with Crippen LogP contribution in [0.3, 0.4) is 0 Å². The van der Waals surface area contributed by atoms with Crippen molar-refractivity contribution in [3.63, 3.8) is 0 Å². The van der Waals surface area contributed by atoms with Gasteiger partial charge < -0.3 is 10.0 Å². The number of hydrogen-bond donors (Lipinski definition) is 2. The number of aliphatic hydroxyl groups is 1. The fourth-order valence-corrected chi connectivity index (χ4v) is 3.96. The highest BCUT2D eigenvalue weighted by atomic mass is 16.3. The number of aromatic nitrogens is 2. The molecule has 0 unspecified atom stereocenters. The molecule has 1 aromatic rings. The van der Waals surface area contributed by atoms with Crippen LogP contribution < -0.4 is 0 Å². The molecule has 1 aliphatic heterocycles. The fourth-order valence-electron chi connectivity index (χ4n) is 3.96. The minimum atomic E-state index is -0.232. The van der Waals surface area contributed by atoms with Gasteiger partial charge >= 0.3 is 0 Å². The van der Waals surface area contributed by atoms with E-state index in [9.17, 15) is 9.90 Å². The number of carbonyl (C=O) groups excluding carboxylic acids is 1. The van der Waals surface area contributed by atoms with Gasteiger partial charge in [0.05, 0.1) is 18.2 Å². The number of rotatable bonds is 3. The third-order valence-electron chi connectivity index (χ3n) is 4.99. The molecule has 2 N–H and O–H groups in total. The topological polar surface area (TPSA) is 69.2 Å². The Hall–Kier alpha value is -1.36. The molecule has 1 aromatic heterocycles. The van der Waals surface area contributed by atoms with Crippen LogP contribution in [0.15, 0.2) is 6.07 Å². The van der Waals surface area contributed by atoms with Crippen molar-refractivity contribution >= 4 is 5.91 Å². The first-order chi connectivity index (χ1) is 10.1. The summed E-state index contributed by atoms with van der Waals surface area (Å²) in [6.45, 7) is 2.77. The molecule has 0 aromatic carbocycles. The number of nitrogens with one attached hydrogen (secondary N) is 1. The predicted octanol–water partition coefficient (Wildman–Crippen LogP) is 1.80. The second-order valence-electron chi connectivity index (χ2n) is 6.53. The average molecular weight is 291 g/mol. The summed E-state index contributed by atoms with van der Waals surface area (Å²) in [6, 6.07) is 2.16. The summed E-state index contributed by atoms with van der Waals surface area (Å²) in [4.78, 5) is 14.6. The molecule has 2 fully saturated rings. The summed E-state index contributed by atoms with van der Waals surface area (Å²) in [6.07, 6.45) is 6.46. The summed E-state index contributed by atoms with van der Waals surface area (Å²) in [7, 11) is 0. The van der Waals surface area contributed by atoms with E-state index in [-0.39, 0.29) is 24.0 Å². The zero-order valence-electron chi connectivity index (χ0n) is 12.7. The van der Waals surface area contributed by atoms with Crippen LogP contribution in [0.25, 0.3) is 0 Å². The van der Waals surface area contributed by atoms with Crippen molar-refractivity contribution in [1.29, 1.82) is 0 Å². The Kier molecular flexibility index (Phi) is 4.29. The van der Waals surface area contributed by atoms with Gasteiger partial charge in [-0.15, -0.1) is 0 Å². The number of hydrogen-bond acceptors (Lipinski definition) is 3. The monoisotopic (exact) mass is 291 g/mol. The van der Waals surface area contributed by atoms with E-state index in [1.807, 2.05) is 17.9 Å². The normalized spacial score (nSPS) is 29.8. The number of aliphatic hydroxyl groups excluding tert-OH is 1. The summed E-state index contributed by atoms with van der Waals surface area (Å²) < 4.78 is 0. The molecular weight excluding hydrogens is 266 g/mol. The van der Waals surface area contributed by atoms with Crippen molar-refractivity contribution < 1.29 is 9.90 Å². The molecule has 3 rings (SSSR count). The second-order valence-corrected chi connectivity index (χ2v) is 6.53. The Bertz CT molecular complexity index is 499. The van der Waals surface area contributed by atoms with Crippen molar-refractivity contribution in [2.45, 2.75) is 64.0 Å². The maximum absolute atomic E-state index is 12.6. The quantitative estimate of drug-likeness (QED) is 0.892. The van der Waals surface area contributed by atoms with Gasteiger partial charge in [-0.1, -0.05) is 12.8 Å². The maximum atomic E-state index is 12.6. The molecule has 3 atom stereocenters. The molecule has 0 radical (unpaired) electrons. The molecule has 1 saturated carbocycles. The fraction of sp³-hybridized carbons (Fsp3) is 0.750. The van der Waals surface area contributed by atoms with Crippen molar-refractivity contribution in [3.8, 4) is 0 Å². The molecule has 0 bridgehead atoms. The van der Waals surface area contributed by atoms with Crippen LogP contribution in [0.4, 0.5) is 0 Å². The zero-order valence-corrected chi connectivity index (χ0v) is 12.7. The first-order valence-corrected chi connectivity index (χ1v) is 8.13. The van der Waals surface area contributed by atoms with E-state index >= 15 is 0 Å². The lowest BCUT2D eigenvalue weighted by Crippen LogP contribution is -2.45. The number of H-pyrrole nitrogens is 1. The molecule has 1 amide bonds. The van der Waals surface area contributed by atoms with Gasteiger partial charge in [0.25, 0.3) is 0 Å². The van der Waals surface area contributed by atoms with Crippen molar-refractivity contribution in [3.05, 3.63) is 17.5 Å². The number of aryl methyl sites for hydroxylation is 1. The molecule has 2 aliphatic rings. The summed E-state index contributed by atoms with van der Waals surface area (Å²) in [5.41, 5.74) is 1.80. The van der Waals surface area contributed by atoms with Crippen LogP contribution in [0.5, 0.6) is 0 Å². The van der Waals surface area contributed by atoms with Gasteiger partial charge in [0, 0.05) is 24.2 Å². The van der Waals surface area contributed by atoms with Gasteiger partial charge in [0.1, 0.15) is 0 Å². The molecule has 2 heterocycles. The molecule has 21 heavy (non-hydrogen) atoms. The van der Waals surface area contributed by atoms with E-state index in [0.717, 1.165) is 50.0 Å². The largest absolute Gasteiger partial charge is 0.393 e. The third kappa shape index (κ3) is 3.12. The number of amides is 1. The lowest BCUT2D eigenvalue weighted by molar-refractivity contribution is -0.133. The van der Waals surface area contributed by atoms with E-state index in [0.29, 0.717) is 6.42 Å². The first-order valence-electron chi connectivity index (χ1n) is 8.13.